The molecule has 2 amide bonds. The van der Waals surface area contributed by atoms with Gasteiger partial charge in [0, 0.05) is 5.41 Å². The summed E-state index contributed by atoms with van der Waals surface area (Å²) >= 11 is 0. The number of allylic oxidation sites excluding steroid dienone is 2. The maximum Gasteiger partial charge on any atom is 0.326 e. The molecular formula is C32H49N3O7. The van der Waals surface area contributed by atoms with Crippen molar-refractivity contribution in [2.75, 3.05) is 6.61 Å². The van der Waals surface area contributed by atoms with Crippen LogP contribution in [-0.4, -0.2) is 63.8 Å². The number of amides is 2. The number of carbonyl (C=O) groups excluding carboxylic acids is 3. The normalized spacial score (nSPS) is 36.0. The molecule has 3 fully saturated rings. The van der Waals surface area contributed by atoms with E-state index in [1.165, 1.54) is 12.5 Å². The topological polar surface area (TPSA) is 154 Å². The molecule has 10 heteroatoms. The summed E-state index contributed by atoms with van der Waals surface area (Å²) in [5, 5.41) is 29.9. The predicted octanol–water partition coefficient (Wildman–Crippen LogP) is 3.91. The number of rotatable bonds is 11. The molecule has 10 nitrogen and oxygen atoms in total. The number of aliphatic hydroxyl groups is 1. The van der Waals surface area contributed by atoms with Crippen molar-refractivity contribution in [2.45, 2.75) is 123 Å². The summed E-state index contributed by atoms with van der Waals surface area (Å²) in [4.78, 5) is 54.0. The zero-order valence-corrected chi connectivity index (χ0v) is 25.8. The van der Waals surface area contributed by atoms with Crippen LogP contribution in [0.3, 0.4) is 0 Å². The van der Waals surface area contributed by atoms with Gasteiger partial charge in [-0.3, -0.25) is 14.4 Å². The number of hydrogen-bond donors (Lipinski definition) is 4. The van der Waals surface area contributed by atoms with Crippen LogP contribution in [0.15, 0.2) is 16.8 Å². The molecular weight excluding hydrogens is 538 g/mol. The molecule has 4 aliphatic carbocycles. The van der Waals surface area contributed by atoms with Crippen molar-refractivity contribution in [3.05, 3.63) is 11.6 Å². The Hall–Kier alpha value is -2.75. The molecule has 0 aromatic heterocycles. The maximum absolute atomic E-state index is 12.5. The number of fused-ring (bicyclic) bond motifs is 5. The van der Waals surface area contributed by atoms with Gasteiger partial charge in [0.15, 0.2) is 12.4 Å². The molecule has 234 valence electrons. The predicted molar refractivity (Wildman–Crippen MR) is 157 cm³/mol. The second-order valence-electron chi connectivity index (χ2n) is 13.6. The van der Waals surface area contributed by atoms with Crippen LogP contribution in [0.1, 0.15) is 105 Å². The number of hydrogen-bond acceptors (Lipinski definition) is 7. The van der Waals surface area contributed by atoms with Crippen molar-refractivity contribution >= 4 is 29.3 Å². The van der Waals surface area contributed by atoms with Crippen molar-refractivity contribution in [3.63, 3.8) is 0 Å². The summed E-state index contributed by atoms with van der Waals surface area (Å²) in [6, 6.07) is -1.90. The Morgan fingerprint density at radius 3 is 2.45 bits per heavy atom. The van der Waals surface area contributed by atoms with E-state index < -0.39 is 35.5 Å². The molecule has 42 heavy (non-hydrogen) atoms. The molecule has 0 heterocycles. The van der Waals surface area contributed by atoms with Crippen LogP contribution in [0.2, 0.25) is 0 Å². The number of aliphatic carboxylic acids is 1. The number of oxime groups is 1. The van der Waals surface area contributed by atoms with Gasteiger partial charge in [0.2, 0.25) is 5.91 Å². The van der Waals surface area contributed by atoms with Crippen molar-refractivity contribution in [2.24, 2.45) is 33.7 Å². The molecule has 0 spiro atoms. The van der Waals surface area contributed by atoms with Gasteiger partial charge in [-0.2, -0.15) is 0 Å². The van der Waals surface area contributed by atoms with Crippen LogP contribution in [0.5, 0.6) is 0 Å². The summed E-state index contributed by atoms with van der Waals surface area (Å²) in [6.45, 7) is 9.14. The van der Waals surface area contributed by atoms with E-state index in [0.29, 0.717) is 37.0 Å². The second-order valence-corrected chi connectivity index (χ2v) is 13.6. The minimum Gasteiger partial charge on any atom is -0.480 e. The summed E-state index contributed by atoms with van der Waals surface area (Å²) in [7, 11) is 0. The van der Waals surface area contributed by atoms with Gasteiger partial charge in [0.1, 0.15) is 17.7 Å². The van der Waals surface area contributed by atoms with Gasteiger partial charge in [0.25, 0.3) is 5.91 Å². The van der Waals surface area contributed by atoms with Gasteiger partial charge >= 0.3 is 5.97 Å². The minimum absolute atomic E-state index is 0.0469. The number of ketones is 1. The zero-order chi connectivity index (χ0) is 30.9. The SMILES string of the molecule is CCCC[C@H](NC(=O)[C@H](C)NC(=O)CO/N=C1/C=C2CC[C@H]3[C@H](CC[C@@]4(C)[C@H]3CC[C@]4(O)C(C)=O)[C@@]2(C)CC1)C(=O)O. The van der Waals surface area contributed by atoms with E-state index in [4.69, 9.17) is 4.84 Å². The summed E-state index contributed by atoms with van der Waals surface area (Å²) < 4.78 is 0. The van der Waals surface area contributed by atoms with Gasteiger partial charge in [-0.25, -0.2) is 4.79 Å². The van der Waals surface area contributed by atoms with Crippen LogP contribution >= 0.6 is 0 Å². The fourth-order valence-electron chi connectivity index (χ4n) is 8.72. The smallest absolute Gasteiger partial charge is 0.326 e. The summed E-state index contributed by atoms with van der Waals surface area (Å²) in [5.41, 5.74) is 0.662. The van der Waals surface area contributed by atoms with E-state index in [0.717, 1.165) is 57.1 Å². The van der Waals surface area contributed by atoms with Crippen LogP contribution in [0.4, 0.5) is 0 Å². The lowest BCUT2D eigenvalue weighted by atomic mass is 9.46. The Bertz CT molecular complexity index is 1150. The Morgan fingerprint density at radius 1 is 1.07 bits per heavy atom. The van der Waals surface area contributed by atoms with E-state index in [9.17, 15) is 29.4 Å². The van der Waals surface area contributed by atoms with Gasteiger partial charge in [0.05, 0.1) is 5.71 Å². The first-order valence-corrected chi connectivity index (χ1v) is 15.7. The van der Waals surface area contributed by atoms with Crippen molar-refractivity contribution in [1.29, 1.82) is 0 Å². The number of carboxylic acids is 1. The molecule has 0 aliphatic heterocycles. The third-order valence-electron chi connectivity index (χ3n) is 11.3. The van der Waals surface area contributed by atoms with Crippen molar-refractivity contribution < 1.29 is 34.2 Å². The van der Waals surface area contributed by atoms with Crippen LogP contribution in [0, 0.1) is 28.6 Å². The third-order valence-corrected chi connectivity index (χ3v) is 11.3. The monoisotopic (exact) mass is 587 g/mol. The van der Waals surface area contributed by atoms with E-state index in [1.807, 2.05) is 6.92 Å². The highest BCUT2D eigenvalue weighted by Gasteiger charge is 2.65. The number of unbranched alkanes of at least 4 members (excludes halogenated alkanes) is 1. The quantitative estimate of drug-likeness (QED) is 0.267. The number of nitrogens with one attached hydrogen (secondary N) is 2. The molecule has 0 aromatic rings. The fourth-order valence-corrected chi connectivity index (χ4v) is 8.72. The number of nitrogens with zero attached hydrogens (tertiary/aromatic N) is 1. The lowest BCUT2D eigenvalue weighted by molar-refractivity contribution is -0.159. The molecule has 8 atom stereocenters. The molecule has 0 saturated heterocycles. The first-order chi connectivity index (χ1) is 19.8. The third kappa shape index (κ3) is 5.88. The largest absolute Gasteiger partial charge is 0.480 e. The van der Waals surface area contributed by atoms with Crippen LogP contribution < -0.4 is 10.6 Å². The molecule has 0 bridgehead atoms. The number of carbonyl (C=O) groups is 4. The number of Topliss-reactive ketones (excluding diaryl/α,β-unsaturated/α-hetero) is 1. The van der Waals surface area contributed by atoms with Crippen LogP contribution in [0.25, 0.3) is 0 Å². The van der Waals surface area contributed by atoms with E-state index in [-0.39, 0.29) is 23.2 Å². The Labute approximate surface area is 249 Å². The summed E-state index contributed by atoms with van der Waals surface area (Å²) in [5.74, 6) is -0.895. The Kier molecular flexibility index (Phi) is 9.55. The highest BCUT2D eigenvalue weighted by atomic mass is 16.6. The molecule has 0 aromatic carbocycles. The molecule has 3 saturated carbocycles. The van der Waals surface area contributed by atoms with E-state index in [2.05, 4.69) is 35.7 Å². The zero-order valence-electron chi connectivity index (χ0n) is 25.8. The van der Waals surface area contributed by atoms with Gasteiger partial charge < -0.3 is 25.7 Å². The molecule has 4 N–H and O–H groups in total. The summed E-state index contributed by atoms with van der Waals surface area (Å²) in [6.07, 6.45) is 11.0. The minimum atomic E-state index is -1.20. The lowest BCUT2D eigenvalue weighted by Gasteiger charge is -2.59. The standard InChI is InChI=1S/C32H49N3O7/c1-6-7-8-26(29(39)40)34-28(38)19(2)33-27(37)18-42-35-22-11-14-30(4)21(17-22)9-10-23-24(30)12-15-31(5)25(23)13-16-32(31,41)20(3)36/h17,19,23-26,41H,6-16,18H2,1-5H3,(H,33,37)(H,34,38)(H,39,40)/b35-22+/t19-,23-,24-,25-,26-,30-,31-,32-/m0/s1. The van der Waals surface area contributed by atoms with Gasteiger partial charge in [-0.05, 0) is 101 Å². The average Bonchev–Trinajstić information content (AvgIpc) is 3.22. The fraction of sp³-hybridized carbons (Fsp3) is 0.781. The molecule has 0 unspecified atom stereocenters. The highest BCUT2D eigenvalue weighted by Crippen LogP contribution is 2.67. The molecule has 4 rings (SSSR count). The maximum atomic E-state index is 12.5. The Morgan fingerprint density at radius 2 is 1.79 bits per heavy atom. The van der Waals surface area contributed by atoms with Gasteiger partial charge in [-0.15, -0.1) is 0 Å². The van der Waals surface area contributed by atoms with Gasteiger partial charge in [-0.1, -0.05) is 44.3 Å². The highest BCUT2D eigenvalue weighted by molar-refractivity contribution is 5.96. The van der Waals surface area contributed by atoms with Crippen LogP contribution in [-0.2, 0) is 24.0 Å². The average molecular weight is 588 g/mol. The number of carboxylic acid groups (broad SMARTS) is 1. The Balaban J connectivity index is 1.32. The van der Waals surface area contributed by atoms with Crippen molar-refractivity contribution in [3.8, 4) is 0 Å². The van der Waals surface area contributed by atoms with E-state index in [1.54, 1.807) is 6.92 Å². The van der Waals surface area contributed by atoms with E-state index >= 15 is 0 Å². The molecule has 0 radical (unpaired) electrons. The second kappa shape index (κ2) is 12.5. The van der Waals surface area contributed by atoms with Crippen molar-refractivity contribution in [1.82, 2.24) is 10.6 Å². The first kappa shape index (κ1) is 32.2. The molecule has 4 aliphatic rings. The lowest BCUT2D eigenvalue weighted by Crippen LogP contribution is -2.57. The first-order valence-electron chi connectivity index (χ1n) is 15.7.